The quantitative estimate of drug-likeness (QED) is 0.751. The third kappa shape index (κ3) is 8.44. The molecule has 0 heterocycles. The molecule has 0 aliphatic rings. The summed E-state index contributed by atoms with van der Waals surface area (Å²) >= 11 is 0. The Bertz CT molecular complexity index is 214. The predicted octanol–water partition coefficient (Wildman–Crippen LogP) is 3.04. The van der Waals surface area contributed by atoms with E-state index >= 15 is 0 Å². The standard InChI is InChI=1S/C12H25F3N2/c1-6-11(3,4)16-9-10(2)17(5)8-7-12(13,14)15/h10,16H,6-9H2,1-5H3. The zero-order valence-corrected chi connectivity index (χ0v) is 11.5. The molecule has 0 spiro atoms. The molecule has 1 atom stereocenters. The van der Waals surface area contributed by atoms with Crippen molar-refractivity contribution in [2.45, 2.75) is 58.3 Å². The fraction of sp³-hybridized carbons (Fsp3) is 1.00. The summed E-state index contributed by atoms with van der Waals surface area (Å²) in [7, 11) is 1.73. The molecule has 1 unspecified atom stereocenters. The van der Waals surface area contributed by atoms with E-state index in [0.717, 1.165) is 6.42 Å². The minimum absolute atomic E-state index is 0.0408. The van der Waals surface area contributed by atoms with Gasteiger partial charge in [0.15, 0.2) is 0 Å². The lowest BCUT2D eigenvalue weighted by atomic mass is 10.0. The number of likely N-dealkylation sites (N-methyl/N-ethyl adjacent to an activating group) is 1. The van der Waals surface area contributed by atoms with Crippen molar-refractivity contribution in [1.29, 1.82) is 0 Å². The Hall–Kier alpha value is -0.290. The number of alkyl halides is 3. The molecule has 5 heteroatoms. The number of hydrogen-bond acceptors (Lipinski definition) is 2. The van der Waals surface area contributed by atoms with E-state index in [9.17, 15) is 13.2 Å². The van der Waals surface area contributed by atoms with E-state index in [0.29, 0.717) is 6.54 Å². The summed E-state index contributed by atoms with van der Waals surface area (Å²) in [5.41, 5.74) is 0.0408. The smallest absolute Gasteiger partial charge is 0.310 e. The average molecular weight is 254 g/mol. The Kier molecular flexibility index (Phi) is 6.48. The van der Waals surface area contributed by atoms with E-state index in [1.54, 1.807) is 11.9 Å². The Morgan fingerprint density at radius 2 is 1.76 bits per heavy atom. The second kappa shape index (κ2) is 6.59. The summed E-state index contributed by atoms with van der Waals surface area (Å²) in [5, 5.41) is 3.36. The van der Waals surface area contributed by atoms with Crippen molar-refractivity contribution in [1.82, 2.24) is 10.2 Å². The van der Waals surface area contributed by atoms with E-state index < -0.39 is 12.6 Å². The summed E-state index contributed by atoms with van der Waals surface area (Å²) in [6.45, 7) is 8.97. The monoisotopic (exact) mass is 254 g/mol. The highest BCUT2D eigenvalue weighted by molar-refractivity contribution is 4.78. The predicted molar refractivity (Wildman–Crippen MR) is 65.1 cm³/mol. The van der Waals surface area contributed by atoms with E-state index in [1.807, 2.05) is 6.92 Å². The van der Waals surface area contributed by atoms with Crippen LogP contribution in [0.15, 0.2) is 0 Å². The minimum Gasteiger partial charge on any atom is -0.310 e. The second-order valence-electron chi connectivity index (χ2n) is 5.31. The Morgan fingerprint density at radius 3 is 2.18 bits per heavy atom. The first-order valence-corrected chi connectivity index (χ1v) is 6.09. The summed E-state index contributed by atoms with van der Waals surface area (Å²) < 4.78 is 36.2. The zero-order valence-electron chi connectivity index (χ0n) is 11.5. The molecule has 0 aliphatic heterocycles. The van der Waals surface area contributed by atoms with Gasteiger partial charge in [0.25, 0.3) is 0 Å². The number of halogens is 3. The molecular weight excluding hydrogens is 229 g/mol. The van der Waals surface area contributed by atoms with E-state index in [1.165, 1.54) is 0 Å². The molecule has 17 heavy (non-hydrogen) atoms. The van der Waals surface area contributed by atoms with Gasteiger partial charge in [-0.2, -0.15) is 13.2 Å². The van der Waals surface area contributed by atoms with E-state index in [4.69, 9.17) is 0 Å². The fourth-order valence-electron chi connectivity index (χ4n) is 1.23. The summed E-state index contributed by atoms with van der Waals surface area (Å²) in [6, 6.07) is 0.100. The Balaban J connectivity index is 3.94. The maximum absolute atomic E-state index is 12.1. The van der Waals surface area contributed by atoms with Gasteiger partial charge in [-0.15, -0.1) is 0 Å². The molecule has 0 saturated carbocycles. The van der Waals surface area contributed by atoms with Crippen LogP contribution in [-0.2, 0) is 0 Å². The van der Waals surface area contributed by atoms with Gasteiger partial charge in [-0.3, -0.25) is 0 Å². The highest BCUT2D eigenvalue weighted by Crippen LogP contribution is 2.19. The van der Waals surface area contributed by atoms with Gasteiger partial charge in [-0.1, -0.05) is 6.92 Å². The van der Waals surface area contributed by atoms with Gasteiger partial charge >= 0.3 is 6.18 Å². The zero-order chi connectivity index (χ0) is 13.7. The molecule has 2 nitrogen and oxygen atoms in total. The van der Waals surface area contributed by atoms with Crippen LogP contribution in [0.3, 0.4) is 0 Å². The number of rotatable bonds is 7. The van der Waals surface area contributed by atoms with Crippen LogP contribution in [0.1, 0.15) is 40.5 Å². The normalized spacial score (nSPS) is 15.4. The number of nitrogens with zero attached hydrogens (tertiary/aromatic N) is 1. The topological polar surface area (TPSA) is 15.3 Å². The van der Waals surface area contributed by atoms with Crippen LogP contribution in [0.2, 0.25) is 0 Å². The van der Waals surface area contributed by atoms with Crippen molar-refractivity contribution in [3.63, 3.8) is 0 Å². The molecule has 0 aliphatic carbocycles. The van der Waals surface area contributed by atoms with Crippen LogP contribution in [0, 0.1) is 0 Å². The summed E-state index contributed by atoms with van der Waals surface area (Å²) in [4.78, 5) is 1.74. The van der Waals surface area contributed by atoms with Crippen LogP contribution >= 0.6 is 0 Å². The number of hydrogen-bond donors (Lipinski definition) is 1. The van der Waals surface area contributed by atoms with Crippen molar-refractivity contribution in [2.24, 2.45) is 0 Å². The lowest BCUT2D eigenvalue weighted by Crippen LogP contribution is -2.47. The maximum atomic E-state index is 12.1. The second-order valence-corrected chi connectivity index (χ2v) is 5.31. The fourth-order valence-corrected chi connectivity index (χ4v) is 1.23. The van der Waals surface area contributed by atoms with Gasteiger partial charge in [0.1, 0.15) is 0 Å². The van der Waals surface area contributed by atoms with Gasteiger partial charge in [0.05, 0.1) is 6.42 Å². The first kappa shape index (κ1) is 16.7. The molecule has 0 aromatic rings. The number of nitrogens with one attached hydrogen (secondary N) is 1. The highest BCUT2D eigenvalue weighted by Gasteiger charge is 2.28. The van der Waals surface area contributed by atoms with Crippen LogP contribution in [-0.4, -0.2) is 42.8 Å². The van der Waals surface area contributed by atoms with Gasteiger partial charge in [-0.05, 0) is 34.2 Å². The van der Waals surface area contributed by atoms with Crippen LogP contribution in [0.25, 0.3) is 0 Å². The molecule has 0 radical (unpaired) electrons. The SMILES string of the molecule is CCC(C)(C)NCC(C)N(C)CCC(F)(F)F. The lowest BCUT2D eigenvalue weighted by molar-refractivity contribution is -0.138. The average Bonchev–Trinajstić information content (AvgIpc) is 2.21. The maximum Gasteiger partial charge on any atom is 0.390 e. The van der Waals surface area contributed by atoms with Crippen molar-refractivity contribution in [2.75, 3.05) is 20.1 Å². The Labute approximate surface area is 103 Å². The van der Waals surface area contributed by atoms with Crippen LogP contribution in [0.5, 0.6) is 0 Å². The molecule has 0 fully saturated rings. The first-order valence-electron chi connectivity index (χ1n) is 6.09. The molecule has 0 saturated heterocycles. The molecule has 0 bridgehead atoms. The van der Waals surface area contributed by atoms with Gasteiger partial charge in [-0.25, -0.2) is 0 Å². The molecule has 0 aromatic heterocycles. The third-order valence-electron chi connectivity index (χ3n) is 3.26. The van der Waals surface area contributed by atoms with Crippen molar-refractivity contribution >= 4 is 0 Å². The minimum atomic E-state index is -4.07. The molecule has 104 valence electrons. The molecule has 0 amide bonds. The van der Waals surface area contributed by atoms with Gasteiger partial charge < -0.3 is 10.2 Å². The molecule has 0 rings (SSSR count). The van der Waals surface area contributed by atoms with Gasteiger partial charge in [0.2, 0.25) is 0 Å². The van der Waals surface area contributed by atoms with Gasteiger partial charge in [0, 0.05) is 24.7 Å². The van der Waals surface area contributed by atoms with Crippen LogP contribution in [0.4, 0.5) is 13.2 Å². The first-order chi connectivity index (χ1) is 7.57. The molecule has 1 N–H and O–H groups in total. The van der Waals surface area contributed by atoms with Crippen molar-refractivity contribution in [3.8, 4) is 0 Å². The van der Waals surface area contributed by atoms with Crippen molar-refractivity contribution in [3.05, 3.63) is 0 Å². The van der Waals surface area contributed by atoms with E-state index in [2.05, 4.69) is 26.1 Å². The molecule has 0 aromatic carbocycles. The van der Waals surface area contributed by atoms with Crippen molar-refractivity contribution < 1.29 is 13.2 Å². The molecular formula is C12H25F3N2. The highest BCUT2D eigenvalue weighted by atomic mass is 19.4. The Morgan fingerprint density at radius 1 is 1.24 bits per heavy atom. The largest absolute Gasteiger partial charge is 0.390 e. The van der Waals surface area contributed by atoms with Crippen LogP contribution < -0.4 is 5.32 Å². The summed E-state index contributed by atoms with van der Waals surface area (Å²) in [5.74, 6) is 0. The lowest BCUT2D eigenvalue weighted by Gasteiger charge is -2.31. The summed E-state index contributed by atoms with van der Waals surface area (Å²) in [6.07, 6.45) is -3.82. The van der Waals surface area contributed by atoms with E-state index in [-0.39, 0.29) is 18.1 Å². The third-order valence-corrected chi connectivity index (χ3v) is 3.26.